The summed E-state index contributed by atoms with van der Waals surface area (Å²) in [7, 11) is 1.95. The maximum atomic E-state index is 5.74. The molecule has 0 heterocycles. The van der Waals surface area contributed by atoms with Crippen LogP contribution in [0.15, 0.2) is 24.3 Å². The molecule has 90 valence electrons. The van der Waals surface area contributed by atoms with Crippen LogP contribution in [0.5, 0.6) is 11.5 Å². The fraction of sp³-hybridized carbons (Fsp3) is 0.538. The van der Waals surface area contributed by atoms with E-state index in [1.54, 1.807) is 0 Å². The van der Waals surface area contributed by atoms with Crippen molar-refractivity contribution in [3.8, 4) is 11.5 Å². The van der Waals surface area contributed by atoms with E-state index < -0.39 is 0 Å². The fourth-order valence-electron chi connectivity index (χ4n) is 1.48. The van der Waals surface area contributed by atoms with Gasteiger partial charge in [0.25, 0.3) is 0 Å². The molecule has 3 nitrogen and oxygen atoms in total. The van der Waals surface area contributed by atoms with Gasteiger partial charge in [0.05, 0.1) is 13.2 Å². The van der Waals surface area contributed by atoms with Gasteiger partial charge in [-0.3, -0.25) is 0 Å². The molecule has 1 N–H and O–H groups in total. The number of hydrogen-bond acceptors (Lipinski definition) is 3. The number of rotatable bonds is 7. The summed E-state index contributed by atoms with van der Waals surface area (Å²) in [4.78, 5) is 0. The highest BCUT2D eigenvalue weighted by Crippen LogP contribution is 2.26. The topological polar surface area (TPSA) is 30.5 Å². The Morgan fingerprint density at radius 1 is 1.19 bits per heavy atom. The first-order chi connectivity index (χ1) is 7.77. The first kappa shape index (κ1) is 12.8. The highest BCUT2D eigenvalue weighted by molar-refractivity contribution is 5.39. The molecule has 0 radical (unpaired) electrons. The zero-order valence-electron chi connectivity index (χ0n) is 10.3. The SMILES string of the molecule is CCOc1ccccc1OCC(C)CNC. The second-order valence-corrected chi connectivity index (χ2v) is 3.85. The number of para-hydroxylation sites is 2. The van der Waals surface area contributed by atoms with Crippen LogP contribution in [0.1, 0.15) is 13.8 Å². The molecule has 0 amide bonds. The number of ether oxygens (including phenoxy) is 2. The summed E-state index contributed by atoms with van der Waals surface area (Å²) >= 11 is 0. The van der Waals surface area contributed by atoms with Crippen LogP contribution in [0, 0.1) is 5.92 Å². The molecular weight excluding hydrogens is 202 g/mol. The van der Waals surface area contributed by atoms with E-state index in [2.05, 4.69) is 12.2 Å². The van der Waals surface area contributed by atoms with Gasteiger partial charge in [0, 0.05) is 12.5 Å². The third-order valence-corrected chi connectivity index (χ3v) is 2.22. The molecule has 1 aromatic rings. The van der Waals surface area contributed by atoms with Gasteiger partial charge in [0.1, 0.15) is 0 Å². The van der Waals surface area contributed by atoms with Gasteiger partial charge in [-0.25, -0.2) is 0 Å². The number of hydrogen-bond donors (Lipinski definition) is 1. The summed E-state index contributed by atoms with van der Waals surface area (Å²) in [5, 5.41) is 3.13. The highest BCUT2D eigenvalue weighted by atomic mass is 16.5. The van der Waals surface area contributed by atoms with Crippen LogP contribution in [0.25, 0.3) is 0 Å². The molecule has 0 aliphatic rings. The van der Waals surface area contributed by atoms with Crippen molar-refractivity contribution in [1.29, 1.82) is 0 Å². The average molecular weight is 223 g/mol. The lowest BCUT2D eigenvalue weighted by Crippen LogP contribution is -2.21. The fourth-order valence-corrected chi connectivity index (χ4v) is 1.48. The van der Waals surface area contributed by atoms with E-state index in [0.717, 1.165) is 18.0 Å². The number of benzene rings is 1. The van der Waals surface area contributed by atoms with Crippen LogP contribution < -0.4 is 14.8 Å². The van der Waals surface area contributed by atoms with Gasteiger partial charge in [0.2, 0.25) is 0 Å². The lowest BCUT2D eigenvalue weighted by Gasteiger charge is -2.15. The molecule has 0 aromatic heterocycles. The van der Waals surface area contributed by atoms with Gasteiger partial charge in [-0.05, 0) is 26.1 Å². The van der Waals surface area contributed by atoms with Crippen molar-refractivity contribution in [3.05, 3.63) is 24.3 Å². The molecule has 0 bridgehead atoms. The maximum absolute atomic E-state index is 5.74. The van der Waals surface area contributed by atoms with Gasteiger partial charge in [-0.2, -0.15) is 0 Å². The van der Waals surface area contributed by atoms with Crippen LogP contribution in [0.4, 0.5) is 0 Å². The van der Waals surface area contributed by atoms with Gasteiger partial charge < -0.3 is 14.8 Å². The second kappa shape index (κ2) is 7.12. The summed E-state index contributed by atoms with van der Waals surface area (Å²) < 4.78 is 11.2. The van der Waals surface area contributed by atoms with Crippen LogP contribution in [0.2, 0.25) is 0 Å². The Labute approximate surface area is 97.8 Å². The van der Waals surface area contributed by atoms with Crippen LogP contribution in [0.3, 0.4) is 0 Å². The Bertz CT molecular complexity index is 302. The molecule has 0 spiro atoms. The minimum atomic E-state index is 0.486. The molecule has 0 fully saturated rings. The van der Waals surface area contributed by atoms with Crippen molar-refractivity contribution in [2.45, 2.75) is 13.8 Å². The van der Waals surface area contributed by atoms with Crippen molar-refractivity contribution < 1.29 is 9.47 Å². The van der Waals surface area contributed by atoms with E-state index >= 15 is 0 Å². The normalized spacial score (nSPS) is 12.2. The molecule has 0 aliphatic heterocycles. The molecule has 1 rings (SSSR count). The summed E-state index contributed by atoms with van der Waals surface area (Å²) in [6.07, 6.45) is 0. The van der Waals surface area contributed by atoms with Gasteiger partial charge in [-0.15, -0.1) is 0 Å². The molecule has 16 heavy (non-hydrogen) atoms. The maximum Gasteiger partial charge on any atom is 0.161 e. The zero-order chi connectivity index (χ0) is 11.8. The van der Waals surface area contributed by atoms with Crippen LogP contribution in [-0.2, 0) is 0 Å². The predicted octanol–water partition coefficient (Wildman–Crippen LogP) is 2.32. The largest absolute Gasteiger partial charge is 0.490 e. The highest BCUT2D eigenvalue weighted by Gasteiger charge is 2.06. The standard InChI is InChI=1S/C13H21NO2/c1-4-15-12-7-5-6-8-13(12)16-10-11(2)9-14-3/h5-8,11,14H,4,9-10H2,1-3H3. The third-order valence-electron chi connectivity index (χ3n) is 2.22. The first-order valence-corrected chi connectivity index (χ1v) is 5.77. The Kier molecular flexibility index (Phi) is 5.72. The van der Waals surface area contributed by atoms with Crippen LogP contribution >= 0.6 is 0 Å². The minimum absolute atomic E-state index is 0.486. The molecule has 0 saturated heterocycles. The lowest BCUT2D eigenvalue weighted by molar-refractivity contribution is 0.239. The molecule has 1 atom stereocenters. The van der Waals surface area contributed by atoms with Gasteiger partial charge >= 0.3 is 0 Å². The van der Waals surface area contributed by atoms with Crippen molar-refractivity contribution >= 4 is 0 Å². The second-order valence-electron chi connectivity index (χ2n) is 3.85. The summed E-state index contributed by atoms with van der Waals surface area (Å²) in [5.74, 6) is 2.13. The number of nitrogens with one attached hydrogen (secondary N) is 1. The van der Waals surface area contributed by atoms with Crippen LogP contribution in [-0.4, -0.2) is 26.8 Å². The van der Waals surface area contributed by atoms with Crippen molar-refractivity contribution in [2.24, 2.45) is 5.92 Å². The summed E-state index contributed by atoms with van der Waals surface area (Å²) in [6.45, 7) is 6.44. The van der Waals surface area contributed by atoms with E-state index in [9.17, 15) is 0 Å². The molecule has 0 saturated carbocycles. The Morgan fingerprint density at radius 3 is 2.38 bits per heavy atom. The van der Waals surface area contributed by atoms with Crippen molar-refractivity contribution in [3.63, 3.8) is 0 Å². The van der Waals surface area contributed by atoms with E-state index in [1.807, 2.05) is 38.2 Å². The average Bonchev–Trinajstić information content (AvgIpc) is 2.29. The summed E-state index contributed by atoms with van der Waals surface area (Å²) in [5.41, 5.74) is 0. The monoisotopic (exact) mass is 223 g/mol. The molecule has 1 unspecified atom stereocenters. The van der Waals surface area contributed by atoms with Gasteiger partial charge in [-0.1, -0.05) is 19.1 Å². The Morgan fingerprint density at radius 2 is 1.81 bits per heavy atom. The minimum Gasteiger partial charge on any atom is -0.490 e. The lowest BCUT2D eigenvalue weighted by atomic mass is 10.2. The van der Waals surface area contributed by atoms with E-state index in [-0.39, 0.29) is 0 Å². The third kappa shape index (κ3) is 4.11. The van der Waals surface area contributed by atoms with E-state index in [1.165, 1.54) is 0 Å². The first-order valence-electron chi connectivity index (χ1n) is 5.77. The smallest absolute Gasteiger partial charge is 0.161 e. The molecule has 1 aromatic carbocycles. The van der Waals surface area contributed by atoms with Crippen molar-refractivity contribution in [1.82, 2.24) is 5.32 Å². The predicted molar refractivity (Wildman–Crippen MR) is 66.2 cm³/mol. The quantitative estimate of drug-likeness (QED) is 0.769. The van der Waals surface area contributed by atoms with Gasteiger partial charge in [0.15, 0.2) is 11.5 Å². The Hall–Kier alpha value is -1.22. The van der Waals surface area contributed by atoms with Crippen molar-refractivity contribution in [2.75, 3.05) is 26.8 Å². The molecule has 0 aliphatic carbocycles. The van der Waals surface area contributed by atoms with E-state index in [0.29, 0.717) is 19.1 Å². The summed E-state index contributed by atoms with van der Waals surface area (Å²) in [6, 6.07) is 7.79. The molecule has 3 heteroatoms. The zero-order valence-corrected chi connectivity index (χ0v) is 10.3. The molecular formula is C13H21NO2. The van der Waals surface area contributed by atoms with E-state index in [4.69, 9.17) is 9.47 Å². The Balaban J connectivity index is 2.52.